The lowest BCUT2D eigenvalue weighted by Crippen LogP contribution is -2.02. The number of ether oxygens (including phenoxy) is 2. The summed E-state index contributed by atoms with van der Waals surface area (Å²) in [6, 6.07) is 10.5. The molecule has 9 heteroatoms. The maximum Gasteiger partial charge on any atom is 0.224 e. The first-order chi connectivity index (χ1) is 12.5. The minimum Gasteiger partial charge on any atom is -0.497 e. The number of nitrogens with zero attached hydrogens (tertiary/aromatic N) is 3. The Labute approximate surface area is 164 Å². The van der Waals surface area contributed by atoms with Gasteiger partial charge in [0.25, 0.3) is 0 Å². The van der Waals surface area contributed by atoms with Crippen LogP contribution in [-0.4, -0.2) is 29.2 Å². The maximum absolute atomic E-state index is 6.25. The molecule has 0 radical (unpaired) electrons. The molecular formula is C17H14Cl2N4O2S. The van der Waals surface area contributed by atoms with Crippen LogP contribution in [0.2, 0.25) is 10.0 Å². The summed E-state index contributed by atoms with van der Waals surface area (Å²) < 4.78 is 10.6. The summed E-state index contributed by atoms with van der Waals surface area (Å²) >= 11 is 13.5. The number of nitrogen functional groups attached to an aromatic ring is 1. The molecule has 26 heavy (non-hydrogen) atoms. The van der Waals surface area contributed by atoms with Crippen molar-refractivity contribution in [2.24, 2.45) is 0 Å². The Kier molecular flexibility index (Phi) is 5.70. The zero-order chi connectivity index (χ0) is 18.7. The van der Waals surface area contributed by atoms with Gasteiger partial charge in [-0.25, -0.2) is 4.98 Å². The van der Waals surface area contributed by atoms with Gasteiger partial charge in [-0.3, -0.25) is 0 Å². The van der Waals surface area contributed by atoms with Crippen LogP contribution >= 0.6 is 35.0 Å². The minimum atomic E-state index is 0.0883. The normalized spacial score (nSPS) is 10.6. The predicted octanol–water partition coefficient (Wildman–Crippen LogP) is 4.60. The fourth-order valence-electron chi connectivity index (χ4n) is 2.17. The maximum atomic E-state index is 6.25. The third kappa shape index (κ3) is 4.12. The van der Waals surface area contributed by atoms with Gasteiger partial charge in [0.1, 0.15) is 11.5 Å². The number of aromatic nitrogens is 3. The van der Waals surface area contributed by atoms with Crippen LogP contribution in [0.15, 0.2) is 46.5 Å². The van der Waals surface area contributed by atoms with E-state index in [9.17, 15) is 0 Å². The molecular weight excluding hydrogens is 395 g/mol. The zero-order valence-corrected chi connectivity index (χ0v) is 16.2. The molecule has 0 aliphatic rings. The molecule has 0 aliphatic carbocycles. The van der Waals surface area contributed by atoms with Gasteiger partial charge in [-0.2, -0.15) is 9.97 Å². The van der Waals surface area contributed by atoms with Crippen molar-refractivity contribution < 1.29 is 9.47 Å². The molecule has 0 spiro atoms. The monoisotopic (exact) mass is 408 g/mol. The first-order valence-electron chi connectivity index (χ1n) is 7.37. The number of halogens is 2. The molecule has 2 N–H and O–H groups in total. The average molecular weight is 409 g/mol. The second-order valence-electron chi connectivity index (χ2n) is 5.04. The minimum absolute atomic E-state index is 0.0883. The third-order valence-electron chi connectivity index (χ3n) is 3.38. The van der Waals surface area contributed by atoms with E-state index in [1.807, 2.05) is 18.2 Å². The van der Waals surface area contributed by atoms with Gasteiger partial charge in [-0.1, -0.05) is 23.2 Å². The number of hydrogen-bond acceptors (Lipinski definition) is 7. The number of hydrogen-bond donors (Lipinski definition) is 1. The molecule has 0 saturated heterocycles. The summed E-state index contributed by atoms with van der Waals surface area (Å²) in [4.78, 5) is 13.6. The first-order valence-corrected chi connectivity index (χ1v) is 8.94. The second-order valence-corrected chi connectivity index (χ2v) is 6.90. The Morgan fingerprint density at radius 2 is 1.77 bits per heavy atom. The third-order valence-corrected chi connectivity index (χ3v) is 4.83. The summed E-state index contributed by atoms with van der Waals surface area (Å²) in [5.74, 6) is 1.81. The number of benzene rings is 2. The van der Waals surface area contributed by atoms with Gasteiger partial charge < -0.3 is 15.2 Å². The molecule has 134 valence electrons. The second kappa shape index (κ2) is 7.99. The van der Waals surface area contributed by atoms with Crippen molar-refractivity contribution in [3.63, 3.8) is 0 Å². The van der Waals surface area contributed by atoms with Crippen LogP contribution in [0.5, 0.6) is 11.5 Å². The summed E-state index contributed by atoms with van der Waals surface area (Å²) in [6.45, 7) is 0. The quantitative estimate of drug-likeness (QED) is 0.660. The van der Waals surface area contributed by atoms with Crippen molar-refractivity contribution in [3.05, 3.63) is 46.4 Å². The molecule has 0 fully saturated rings. The van der Waals surface area contributed by atoms with Crippen LogP contribution in [0, 0.1) is 0 Å². The van der Waals surface area contributed by atoms with Crippen molar-refractivity contribution in [1.29, 1.82) is 0 Å². The van der Waals surface area contributed by atoms with Gasteiger partial charge in [-0.05, 0) is 48.2 Å². The van der Waals surface area contributed by atoms with Gasteiger partial charge in [0.15, 0.2) is 11.0 Å². The van der Waals surface area contributed by atoms with E-state index < -0.39 is 0 Å². The summed E-state index contributed by atoms with van der Waals surface area (Å²) in [7, 11) is 3.18. The Bertz CT molecular complexity index is 956. The fourth-order valence-corrected chi connectivity index (χ4v) is 3.56. The topological polar surface area (TPSA) is 83.2 Å². The van der Waals surface area contributed by atoms with Crippen LogP contribution in [0.25, 0.3) is 11.4 Å². The Morgan fingerprint density at radius 3 is 2.46 bits per heavy atom. The zero-order valence-electron chi connectivity index (χ0n) is 13.9. The first kappa shape index (κ1) is 18.6. The number of anilines is 1. The van der Waals surface area contributed by atoms with E-state index in [1.54, 1.807) is 32.4 Å². The van der Waals surface area contributed by atoms with Gasteiger partial charge >= 0.3 is 0 Å². The predicted molar refractivity (Wildman–Crippen MR) is 103 cm³/mol. The highest BCUT2D eigenvalue weighted by Gasteiger charge is 2.14. The highest BCUT2D eigenvalue weighted by molar-refractivity contribution is 7.99. The molecule has 2 aromatic carbocycles. The number of rotatable bonds is 5. The van der Waals surface area contributed by atoms with E-state index in [1.165, 1.54) is 11.8 Å². The fraction of sp³-hybridized carbons (Fsp3) is 0.118. The molecule has 6 nitrogen and oxygen atoms in total. The number of nitrogens with two attached hydrogens (primary N) is 1. The largest absolute Gasteiger partial charge is 0.497 e. The molecule has 1 heterocycles. The van der Waals surface area contributed by atoms with Crippen molar-refractivity contribution in [1.82, 2.24) is 15.0 Å². The van der Waals surface area contributed by atoms with Crippen molar-refractivity contribution in [2.45, 2.75) is 10.1 Å². The van der Waals surface area contributed by atoms with Crippen molar-refractivity contribution in [3.8, 4) is 22.9 Å². The molecule has 0 bridgehead atoms. The standard InChI is InChI=1S/C17H14Cl2N4O2S/c1-24-10-4-6-13(25-2)14(8-10)26-17-22-15(21-16(20)23-17)11-5-3-9(18)7-12(11)19/h3-8H,1-2H3,(H2,20,21,22,23). The van der Waals surface area contributed by atoms with Crippen LogP contribution in [0.4, 0.5) is 5.95 Å². The van der Waals surface area contributed by atoms with Gasteiger partial charge in [0, 0.05) is 10.6 Å². The van der Waals surface area contributed by atoms with E-state index in [0.717, 1.165) is 4.90 Å². The molecule has 0 saturated carbocycles. The molecule has 3 rings (SSSR count). The lowest BCUT2D eigenvalue weighted by Gasteiger charge is -2.10. The van der Waals surface area contributed by atoms with Crippen molar-refractivity contribution in [2.75, 3.05) is 20.0 Å². The van der Waals surface area contributed by atoms with Crippen LogP contribution < -0.4 is 15.2 Å². The van der Waals surface area contributed by atoms with E-state index in [0.29, 0.717) is 38.1 Å². The van der Waals surface area contributed by atoms with Crippen LogP contribution in [0.1, 0.15) is 0 Å². The Balaban J connectivity index is 2.01. The summed E-state index contributed by atoms with van der Waals surface area (Å²) in [5.41, 5.74) is 6.47. The SMILES string of the molecule is COc1ccc(OC)c(Sc2nc(N)nc(-c3ccc(Cl)cc3Cl)n2)c1. The molecule has 0 aliphatic heterocycles. The highest BCUT2D eigenvalue weighted by Crippen LogP contribution is 2.37. The van der Waals surface area contributed by atoms with Crippen LogP contribution in [0.3, 0.4) is 0 Å². The Hall–Kier alpha value is -2.22. The Morgan fingerprint density at radius 1 is 0.962 bits per heavy atom. The molecule has 3 aromatic rings. The lowest BCUT2D eigenvalue weighted by atomic mass is 10.2. The van der Waals surface area contributed by atoms with E-state index in [4.69, 9.17) is 38.4 Å². The smallest absolute Gasteiger partial charge is 0.224 e. The van der Waals surface area contributed by atoms with Crippen LogP contribution in [-0.2, 0) is 0 Å². The van der Waals surface area contributed by atoms with Crippen molar-refractivity contribution >= 4 is 40.9 Å². The van der Waals surface area contributed by atoms with Gasteiger partial charge in [0.2, 0.25) is 5.95 Å². The van der Waals surface area contributed by atoms with E-state index in [-0.39, 0.29) is 5.95 Å². The summed E-state index contributed by atoms with van der Waals surface area (Å²) in [6.07, 6.45) is 0. The molecule has 1 aromatic heterocycles. The summed E-state index contributed by atoms with van der Waals surface area (Å²) in [5, 5.41) is 1.36. The average Bonchev–Trinajstić information content (AvgIpc) is 2.61. The lowest BCUT2D eigenvalue weighted by molar-refractivity contribution is 0.394. The molecule has 0 amide bonds. The highest BCUT2D eigenvalue weighted by atomic mass is 35.5. The van der Waals surface area contributed by atoms with Gasteiger partial charge in [0.05, 0.1) is 24.1 Å². The van der Waals surface area contributed by atoms with E-state index in [2.05, 4.69) is 15.0 Å². The molecule has 0 atom stereocenters. The van der Waals surface area contributed by atoms with E-state index >= 15 is 0 Å². The number of methoxy groups -OCH3 is 2. The van der Waals surface area contributed by atoms with Gasteiger partial charge in [-0.15, -0.1) is 0 Å². The molecule has 0 unspecified atom stereocenters.